The molecule has 2 N–H and O–H groups in total. The van der Waals surface area contributed by atoms with Gasteiger partial charge in [0.1, 0.15) is 11.8 Å². The molecule has 0 aliphatic heterocycles. The Kier molecular flexibility index (Phi) is 8.31. The van der Waals surface area contributed by atoms with Gasteiger partial charge in [0.15, 0.2) is 0 Å². The highest BCUT2D eigenvalue weighted by molar-refractivity contribution is 6.42. The standard InChI is InChI=1S/C25H25Cl2N3O3/c1-4-33-22-12-10-17(18-7-5-6-8-19(18)22)14-28-30-25(32)23(15(2)3)29-24(31)16-9-11-20(26)21(27)13-16/h5-15,23H,4H2,1-3H3,(H,29,31)(H,30,32)/b28-14-. The highest BCUT2D eigenvalue weighted by atomic mass is 35.5. The Labute approximate surface area is 202 Å². The molecule has 0 fully saturated rings. The fraction of sp³-hybridized carbons (Fsp3) is 0.240. The van der Waals surface area contributed by atoms with E-state index in [0.717, 1.165) is 22.1 Å². The van der Waals surface area contributed by atoms with E-state index in [1.807, 2.05) is 57.2 Å². The SMILES string of the molecule is CCOc1ccc(/C=N\NC(=O)C(NC(=O)c2ccc(Cl)c(Cl)c2)C(C)C)c2ccccc12. The summed E-state index contributed by atoms with van der Waals surface area (Å²) < 4.78 is 5.69. The minimum atomic E-state index is -0.791. The van der Waals surface area contributed by atoms with Crippen LogP contribution in [0.15, 0.2) is 59.7 Å². The first-order valence-electron chi connectivity index (χ1n) is 10.5. The normalized spacial score (nSPS) is 12.2. The fourth-order valence-corrected chi connectivity index (χ4v) is 3.62. The van der Waals surface area contributed by atoms with Gasteiger partial charge in [0, 0.05) is 16.5 Å². The maximum Gasteiger partial charge on any atom is 0.262 e. The maximum absolute atomic E-state index is 12.8. The Morgan fingerprint density at radius 3 is 2.42 bits per heavy atom. The Hall–Kier alpha value is -3.09. The number of hydrazone groups is 1. The summed E-state index contributed by atoms with van der Waals surface area (Å²) in [6.45, 7) is 6.18. The summed E-state index contributed by atoms with van der Waals surface area (Å²) in [5.74, 6) is -0.230. The molecule has 0 spiro atoms. The van der Waals surface area contributed by atoms with Crippen LogP contribution in [0.1, 0.15) is 36.7 Å². The number of fused-ring (bicyclic) bond motifs is 1. The van der Waals surface area contributed by atoms with Crippen molar-refractivity contribution in [3.8, 4) is 5.75 Å². The van der Waals surface area contributed by atoms with E-state index in [4.69, 9.17) is 27.9 Å². The van der Waals surface area contributed by atoms with Crippen LogP contribution in [0.3, 0.4) is 0 Å². The van der Waals surface area contributed by atoms with Crippen LogP contribution < -0.4 is 15.5 Å². The van der Waals surface area contributed by atoms with Crippen molar-refractivity contribution in [3.63, 3.8) is 0 Å². The predicted molar refractivity (Wildman–Crippen MR) is 133 cm³/mol. The molecule has 3 aromatic carbocycles. The zero-order valence-corrected chi connectivity index (χ0v) is 20.1. The second-order valence-corrected chi connectivity index (χ2v) is 8.50. The summed E-state index contributed by atoms with van der Waals surface area (Å²) in [6, 6.07) is 15.3. The highest BCUT2D eigenvalue weighted by Gasteiger charge is 2.24. The lowest BCUT2D eigenvalue weighted by Gasteiger charge is -2.20. The van der Waals surface area contributed by atoms with Gasteiger partial charge in [0.05, 0.1) is 22.9 Å². The number of rotatable bonds is 8. The largest absolute Gasteiger partial charge is 0.493 e. The van der Waals surface area contributed by atoms with E-state index >= 15 is 0 Å². The first-order chi connectivity index (χ1) is 15.8. The average molecular weight is 486 g/mol. The molecule has 0 aromatic heterocycles. The van der Waals surface area contributed by atoms with Gasteiger partial charge < -0.3 is 10.1 Å². The molecule has 1 atom stereocenters. The van der Waals surface area contributed by atoms with Crippen LogP contribution in [-0.4, -0.2) is 30.7 Å². The monoisotopic (exact) mass is 485 g/mol. The number of nitrogens with zero attached hydrogens (tertiary/aromatic N) is 1. The Bertz CT molecular complexity index is 1190. The fourth-order valence-electron chi connectivity index (χ4n) is 3.32. The minimum Gasteiger partial charge on any atom is -0.493 e. The minimum absolute atomic E-state index is 0.168. The lowest BCUT2D eigenvalue weighted by molar-refractivity contribution is -0.123. The van der Waals surface area contributed by atoms with Crippen molar-refractivity contribution in [1.82, 2.24) is 10.7 Å². The smallest absolute Gasteiger partial charge is 0.262 e. The third kappa shape index (κ3) is 6.03. The highest BCUT2D eigenvalue weighted by Crippen LogP contribution is 2.28. The molecule has 0 saturated carbocycles. The molecule has 172 valence electrons. The lowest BCUT2D eigenvalue weighted by atomic mass is 10.0. The first kappa shape index (κ1) is 24.6. The van der Waals surface area contributed by atoms with Gasteiger partial charge in [-0.15, -0.1) is 0 Å². The van der Waals surface area contributed by atoms with E-state index in [1.165, 1.54) is 12.1 Å². The van der Waals surface area contributed by atoms with Gasteiger partial charge in [-0.05, 0) is 48.6 Å². The average Bonchev–Trinajstić information content (AvgIpc) is 2.80. The molecule has 3 aromatic rings. The Balaban J connectivity index is 1.73. The molecule has 2 amide bonds. The van der Waals surface area contributed by atoms with Crippen LogP contribution >= 0.6 is 23.2 Å². The first-order valence-corrected chi connectivity index (χ1v) is 11.3. The number of benzene rings is 3. The molecule has 3 rings (SSSR count). The zero-order valence-electron chi connectivity index (χ0n) is 18.6. The summed E-state index contributed by atoms with van der Waals surface area (Å²) >= 11 is 11.9. The molecular weight excluding hydrogens is 461 g/mol. The number of carbonyl (C=O) groups excluding carboxylic acids is 2. The van der Waals surface area contributed by atoms with Crippen LogP contribution in [-0.2, 0) is 4.79 Å². The predicted octanol–water partition coefficient (Wildman–Crippen LogP) is 5.45. The van der Waals surface area contributed by atoms with Crippen LogP contribution in [0.5, 0.6) is 5.75 Å². The van der Waals surface area contributed by atoms with Crippen molar-refractivity contribution >= 4 is 52.0 Å². The number of ether oxygens (including phenoxy) is 1. The second kappa shape index (κ2) is 11.2. The van der Waals surface area contributed by atoms with Crippen molar-refractivity contribution in [1.29, 1.82) is 0 Å². The zero-order chi connectivity index (χ0) is 24.0. The van der Waals surface area contributed by atoms with E-state index in [1.54, 1.807) is 12.3 Å². The van der Waals surface area contributed by atoms with Crippen LogP contribution in [0.25, 0.3) is 10.8 Å². The lowest BCUT2D eigenvalue weighted by Crippen LogP contribution is -2.48. The van der Waals surface area contributed by atoms with Gasteiger partial charge in [0.2, 0.25) is 0 Å². The quantitative estimate of drug-likeness (QED) is 0.328. The number of halogens is 2. The van der Waals surface area contributed by atoms with Crippen molar-refractivity contribution in [3.05, 3.63) is 75.8 Å². The van der Waals surface area contributed by atoms with E-state index in [-0.39, 0.29) is 10.9 Å². The molecule has 0 heterocycles. The van der Waals surface area contributed by atoms with Crippen molar-refractivity contribution in [2.75, 3.05) is 6.61 Å². The van der Waals surface area contributed by atoms with E-state index in [0.29, 0.717) is 17.2 Å². The van der Waals surface area contributed by atoms with Crippen LogP contribution in [0, 0.1) is 5.92 Å². The molecule has 0 aliphatic rings. The molecule has 0 saturated heterocycles. The van der Waals surface area contributed by atoms with Gasteiger partial charge in [-0.25, -0.2) is 5.43 Å². The van der Waals surface area contributed by atoms with Crippen molar-refractivity contribution in [2.45, 2.75) is 26.8 Å². The number of hydrogen-bond donors (Lipinski definition) is 2. The molecule has 0 bridgehead atoms. The summed E-state index contributed by atoms with van der Waals surface area (Å²) in [6.07, 6.45) is 1.58. The van der Waals surface area contributed by atoms with E-state index < -0.39 is 17.9 Å². The molecule has 1 unspecified atom stereocenters. The van der Waals surface area contributed by atoms with E-state index in [2.05, 4.69) is 15.8 Å². The Morgan fingerprint density at radius 1 is 1.03 bits per heavy atom. The number of hydrogen-bond acceptors (Lipinski definition) is 4. The van der Waals surface area contributed by atoms with Gasteiger partial charge in [-0.3, -0.25) is 9.59 Å². The topological polar surface area (TPSA) is 79.8 Å². The molecule has 0 radical (unpaired) electrons. The van der Waals surface area contributed by atoms with Crippen LogP contribution in [0.2, 0.25) is 10.0 Å². The summed E-state index contributed by atoms with van der Waals surface area (Å²) in [5, 5.41) is 9.39. The number of carbonyl (C=O) groups is 2. The molecule has 8 heteroatoms. The third-order valence-corrected chi connectivity index (χ3v) is 5.75. The molecular formula is C25H25Cl2N3O3. The number of amides is 2. The van der Waals surface area contributed by atoms with Gasteiger partial charge in [0.25, 0.3) is 11.8 Å². The van der Waals surface area contributed by atoms with Gasteiger partial charge >= 0.3 is 0 Å². The number of nitrogens with one attached hydrogen (secondary N) is 2. The third-order valence-electron chi connectivity index (χ3n) is 5.01. The summed E-state index contributed by atoms with van der Waals surface area (Å²) in [7, 11) is 0. The maximum atomic E-state index is 12.8. The molecule has 6 nitrogen and oxygen atoms in total. The Morgan fingerprint density at radius 2 is 1.76 bits per heavy atom. The van der Waals surface area contributed by atoms with E-state index in [9.17, 15) is 9.59 Å². The van der Waals surface area contributed by atoms with Crippen LogP contribution in [0.4, 0.5) is 0 Å². The van der Waals surface area contributed by atoms with Crippen molar-refractivity contribution < 1.29 is 14.3 Å². The molecule has 33 heavy (non-hydrogen) atoms. The summed E-state index contributed by atoms with van der Waals surface area (Å²) in [4.78, 5) is 25.4. The van der Waals surface area contributed by atoms with Crippen molar-refractivity contribution in [2.24, 2.45) is 11.0 Å². The second-order valence-electron chi connectivity index (χ2n) is 7.69. The van der Waals surface area contributed by atoms with Gasteiger partial charge in [-0.2, -0.15) is 5.10 Å². The summed E-state index contributed by atoms with van der Waals surface area (Å²) in [5.41, 5.74) is 3.67. The molecule has 0 aliphatic carbocycles. The van der Waals surface area contributed by atoms with Gasteiger partial charge in [-0.1, -0.05) is 61.3 Å².